The molecule has 1 aromatic carbocycles. The lowest BCUT2D eigenvalue weighted by Crippen LogP contribution is -2.40. The molecule has 1 aromatic heterocycles. The van der Waals surface area contributed by atoms with E-state index >= 15 is 0 Å². The maximum atomic E-state index is 12.7. The molecule has 1 saturated heterocycles. The highest BCUT2D eigenvalue weighted by Gasteiger charge is 2.24. The molecule has 7 heteroatoms. The minimum absolute atomic E-state index is 0.333. The minimum Gasteiger partial charge on any atom is -0.462 e. The smallest absolute Gasteiger partial charge is 0.330 e. The summed E-state index contributed by atoms with van der Waals surface area (Å²) in [5.74, 6) is 0. The number of hydrogen-bond donors (Lipinski definition) is 0. The Balaban J connectivity index is 1.88. The second kappa shape index (κ2) is 8.52. The van der Waals surface area contributed by atoms with Gasteiger partial charge in [-0.2, -0.15) is 0 Å². The van der Waals surface area contributed by atoms with Crippen LogP contribution in [-0.4, -0.2) is 32.3 Å². The molecule has 144 valence electrons. The first-order valence-electron chi connectivity index (χ1n) is 9.23. The van der Waals surface area contributed by atoms with Crippen LogP contribution in [0.5, 0.6) is 0 Å². The topological polar surface area (TPSA) is 56.5 Å². The van der Waals surface area contributed by atoms with Gasteiger partial charge in [-0.25, -0.2) is 4.79 Å². The first kappa shape index (κ1) is 19.4. The van der Waals surface area contributed by atoms with Crippen molar-refractivity contribution in [2.75, 3.05) is 13.1 Å². The molecule has 1 aliphatic heterocycles. The monoisotopic (exact) mass is 387 g/mol. The summed E-state index contributed by atoms with van der Waals surface area (Å²) in [6.07, 6.45) is 4.63. The van der Waals surface area contributed by atoms with Crippen molar-refractivity contribution in [2.45, 2.75) is 31.8 Å². The van der Waals surface area contributed by atoms with Crippen molar-refractivity contribution in [1.29, 1.82) is 0 Å². The Labute approximate surface area is 164 Å². The Morgan fingerprint density at radius 1 is 1.15 bits per heavy atom. The van der Waals surface area contributed by atoms with E-state index in [0.29, 0.717) is 17.2 Å². The molecule has 1 fully saturated rings. The highest BCUT2D eigenvalue weighted by molar-refractivity contribution is 7.80. The second-order valence-electron chi connectivity index (χ2n) is 6.93. The quantitative estimate of drug-likeness (QED) is 0.736. The number of aryl methyl sites for hydroxylation is 2. The van der Waals surface area contributed by atoms with Gasteiger partial charge in [0.05, 0.1) is 5.56 Å². The van der Waals surface area contributed by atoms with Crippen LogP contribution >= 0.6 is 12.2 Å². The lowest BCUT2D eigenvalue weighted by molar-refractivity contribution is 0.153. The molecule has 2 heterocycles. The molecule has 0 bridgehead atoms. The summed E-state index contributed by atoms with van der Waals surface area (Å²) in [6.45, 7) is 1.77. The third-order valence-electron chi connectivity index (χ3n) is 4.97. The van der Waals surface area contributed by atoms with Crippen LogP contribution in [0.1, 0.15) is 36.5 Å². The zero-order valence-corrected chi connectivity index (χ0v) is 16.6. The fourth-order valence-corrected chi connectivity index (χ4v) is 3.67. The largest absolute Gasteiger partial charge is 0.462 e. The average molecular weight is 388 g/mol. The Kier molecular flexibility index (Phi) is 6.11. The highest BCUT2D eigenvalue weighted by atomic mass is 32.1. The molecule has 1 aliphatic rings. The van der Waals surface area contributed by atoms with Crippen molar-refractivity contribution in [2.24, 2.45) is 14.1 Å². The number of ether oxygens (including phenoxy) is 1. The fourth-order valence-electron chi connectivity index (χ4n) is 3.37. The molecule has 2 aromatic rings. The summed E-state index contributed by atoms with van der Waals surface area (Å²) in [6, 6.07) is 10.1. The predicted molar refractivity (Wildman–Crippen MR) is 109 cm³/mol. The van der Waals surface area contributed by atoms with E-state index in [2.05, 4.69) is 12.1 Å². The van der Waals surface area contributed by atoms with Crippen molar-refractivity contribution in [1.82, 2.24) is 14.0 Å². The Bertz CT molecular complexity index is 914. The number of rotatable bonds is 5. The van der Waals surface area contributed by atoms with Crippen molar-refractivity contribution in [3.63, 3.8) is 0 Å². The first-order chi connectivity index (χ1) is 13.0. The van der Waals surface area contributed by atoms with E-state index < -0.39 is 6.10 Å². The highest BCUT2D eigenvalue weighted by Crippen LogP contribution is 2.23. The molecule has 0 amide bonds. The molecule has 0 N–H and O–H groups in total. The van der Waals surface area contributed by atoms with E-state index in [1.54, 1.807) is 13.2 Å². The molecule has 3 rings (SSSR count). The summed E-state index contributed by atoms with van der Waals surface area (Å²) >= 11 is 5.48. The fraction of sp³-hybridized carbons (Fsp3) is 0.450. The van der Waals surface area contributed by atoms with Crippen LogP contribution in [0.25, 0.3) is 0 Å². The van der Waals surface area contributed by atoms with Crippen molar-refractivity contribution in [3.8, 4) is 0 Å². The molecule has 0 spiro atoms. The maximum absolute atomic E-state index is 12.7. The normalized spacial score (nSPS) is 15.0. The van der Waals surface area contributed by atoms with Crippen molar-refractivity contribution in [3.05, 3.63) is 68.5 Å². The van der Waals surface area contributed by atoms with E-state index in [9.17, 15) is 9.59 Å². The molecule has 0 saturated carbocycles. The molecule has 27 heavy (non-hydrogen) atoms. The number of benzene rings is 1. The Hall–Kier alpha value is -2.41. The third kappa shape index (κ3) is 4.47. The van der Waals surface area contributed by atoms with Gasteiger partial charge >= 0.3 is 5.69 Å². The van der Waals surface area contributed by atoms with Gasteiger partial charge in [0.1, 0.15) is 6.10 Å². The Morgan fingerprint density at radius 2 is 1.81 bits per heavy atom. The van der Waals surface area contributed by atoms with Crippen LogP contribution in [0.15, 0.2) is 46.1 Å². The number of aromatic nitrogens is 2. The first-order valence-corrected chi connectivity index (χ1v) is 9.64. The van der Waals surface area contributed by atoms with Gasteiger partial charge in [-0.3, -0.25) is 9.36 Å². The third-order valence-corrected chi connectivity index (χ3v) is 5.32. The number of nitrogens with zero attached hydrogens (tertiary/aromatic N) is 3. The zero-order chi connectivity index (χ0) is 19.4. The lowest BCUT2D eigenvalue weighted by atomic mass is 10.0. The van der Waals surface area contributed by atoms with Crippen LogP contribution in [0, 0.1) is 0 Å². The van der Waals surface area contributed by atoms with E-state index in [1.807, 2.05) is 23.1 Å². The molecule has 1 unspecified atom stereocenters. The number of likely N-dealkylation sites (tertiary alicyclic amines) is 1. The van der Waals surface area contributed by atoms with E-state index in [-0.39, 0.29) is 11.2 Å². The lowest BCUT2D eigenvalue weighted by Gasteiger charge is -2.25. The standard InChI is InChI=1S/C20H25N3O3S/c1-21-14-16(18(24)22(2)19(21)25)17(11-10-15-8-4-3-5-9-15)26-20(27)23-12-6-7-13-23/h3-5,8-9,14,17H,6-7,10-13H2,1-2H3. The van der Waals surface area contributed by atoms with Crippen LogP contribution in [-0.2, 0) is 25.3 Å². The minimum atomic E-state index is -0.496. The molecular formula is C20H25N3O3S. The van der Waals surface area contributed by atoms with E-state index in [4.69, 9.17) is 17.0 Å². The zero-order valence-electron chi connectivity index (χ0n) is 15.8. The van der Waals surface area contributed by atoms with Crippen LogP contribution in [0.4, 0.5) is 0 Å². The van der Waals surface area contributed by atoms with E-state index in [0.717, 1.165) is 36.9 Å². The van der Waals surface area contributed by atoms with Gasteiger partial charge in [0.25, 0.3) is 10.7 Å². The second-order valence-corrected chi connectivity index (χ2v) is 7.28. The molecular weight excluding hydrogens is 362 g/mol. The van der Waals surface area contributed by atoms with Gasteiger partial charge in [-0.1, -0.05) is 30.3 Å². The van der Waals surface area contributed by atoms with Gasteiger partial charge in [-0.05, 0) is 43.5 Å². The predicted octanol–water partition coefficient (Wildman–Crippen LogP) is 2.16. The number of hydrogen-bond acceptors (Lipinski definition) is 4. The van der Waals surface area contributed by atoms with Gasteiger partial charge in [0.15, 0.2) is 0 Å². The van der Waals surface area contributed by atoms with Gasteiger partial charge in [0, 0.05) is 33.4 Å². The van der Waals surface area contributed by atoms with Gasteiger partial charge in [-0.15, -0.1) is 0 Å². The van der Waals surface area contributed by atoms with Crippen LogP contribution in [0.3, 0.4) is 0 Å². The van der Waals surface area contributed by atoms with Crippen molar-refractivity contribution < 1.29 is 4.74 Å². The summed E-state index contributed by atoms with van der Waals surface area (Å²) in [7, 11) is 3.12. The van der Waals surface area contributed by atoms with Crippen LogP contribution in [0.2, 0.25) is 0 Å². The van der Waals surface area contributed by atoms with Gasteiger partial charge < -0.3 is 14.2 Å². The molecule has 0 aliphatic carbocycles. The molecule has 1 atom stereocenters. The van der Waals surface area contributed by atoms with E-state index in [1.165, 1.54) is 17.2 Å². The Morgan fingerprint density at radius 3 is 2.48 bits per heavy atom. The van der Waals surface area contributed by atoms with Crippen molar-refractivity contribution >= 4 is 17.4 Å². The maximum Gasteiger partial charge on any atom is 0.330 e. The van der Waals surface area contributed by atoms with Crippen LogP contribution < -0.4 is 11.2 Å². The van der Waals surface area contributed by atoms with Gasteiger partial charge in [0.2, 0.25) is 0 Å². The molecule has 0 radical (unpaired) electrons. The SMILES string of the molecule is Cn1cc(C(CCc2ccccc2)OC(=S)N2CCCC2)c(=O)n(C)c1=O. The number of thiocarbonyl (C=S) groups is 1. The summed E-state index contributed by atoms with van der Waals surface area (Å²) in [4.78, 5) is 26.8. The summed E-state index contributed by atoms with van der Waals surface area (Å²) in [5.41, 5.74) is 0.935. The summed E-state index contributed by atoms with van der Waals surface area (Å²) < 4.78 is 8.63. The average Bonchev–Trinajstić information content (AvgIpc) is 3.22. The summed E-state index contributed by atoms with van der Waals surface area (Å²) in [5, 5.41) is 0.432. The molecule has 6 nitrogen and oxygen atoms in total.